The monoisotopic (exact) mass is 265 g/mol. The summed E-state index contributed by atoms with van der Waals surface area (Å²) in [6, 6.07) is 2.74. The molecule has 102 valence electrons. The summed E-state index contributed by atoms with van der Waals surface area (Å²) in [6.45, 7) is 1.96. The molecule has 2 N–H and O–H groups in total. The Labute approximate surface area is 103 Å². The Kier molecular flexibility index (Phi) is 4.34. The molecule has 1 rings (SSSR count). The average Bonchev–Trinajstić information content (AvgIpc) is 2.24. The number of rotatable bonds is 4. The van der Waals surface area contributed by atoms with E-state index in [0.29, 0.717) is 24.7 Å². The van der Waals surface area contributed by atoms with Crippen molar-refractivity contribution in [3.8, 4) is 0 Å². The van der Waals surface area contributed by atoms with Gasteiger partial charge in [-0.2, -0.15) is 13.2 Å². The van der Waals surface area contributed by atoms with Crippen LogP contribution >= 0.6 is 0 Å². The molecule has 0 amide bonds. The molecule has 0 saturated carbocycles. The van der Waals surface area contributed by atoms with Gasteiger partial charge in [0.15, 0.2) is 0 Å². The van der Waals surface area contributed by atoms with Gasteiger partial charge in [0, 0.05) is 19.3 Å². The number of benzene rings is 1. The van der Waals surface area contributed by atoms with Crippen LogP contribution in [0.15, 0.2) is 18.2 Å². The third-order valence-electron chi connectivity index (χ3n) is 2.76. The molecule has 0 bridgehead atoms. The Hall–Kier alpha value is -1.14. The fourth-order valence-electron chi connectivity index (χ4n) is 1.56. The number of hydrogen-bond acceptors (Lipinski definition) is 2. The summed E-state index contributed by atoms with van der Waals surface area (Å²) in [5.74, 6) is -1.31. The maximum atomic E-state index is 13.4. The lowest BCUT2D eigenvalue weighted by Gasteiger charge is -2.25. The second-order valence-electron chi connectivity index (χ2n) is 4.35. The zero-order chi connectivity index (χ0) is 14.0. The van der Waals surface area contributed by atoms with Gasteiger partial charge < -0.3 is 10.5 Å². The number of ether oxygens (including phenoxy) is 1. The summed E-state index contributed by atoms with van der Waals surface area (Å²) in [7, 11) is 1.49. The smallest absolute Gasteiger partial charge is 0.385 e. The van der Waals surface area contributed by atoms with Crippen molar-refractivity contribution in [2.45, 2.75) is 25.1 Å². The van der Waals surface area contributed by atoms with E-state index in [1.54, 1.807) is 6.92 Å². The molecule has 1 unspecified atom stereocenters. The van der Waals surface area contributed by atoms with Crippen molar-refractivity contribution in [3.63, 3.8) is 0 Å². The van der Waals surface area contributed by atoms with Crippen LogP contribution in [0.2, 0.25) is 0 Å². The SMILES string of the molecule is COCCC(C)(N)c1ccc(C(F)(F)F)c(F)c1. The molecule has 0 saturated heterocycles. The van der Waals surface area contributed by atoms with Gasteiger partial charge in [-0.15, -0.1) is 0 Å². The van der Waals surface area contributed by atoms with Crippen LogP contribution in [0.1, 0.15) is 24.5 Å². The topological polar surface area (TPSA) is 35.2 Å². The number of alkyl halides is 3. The van der Waals surface area contributed by atoms with Crippen LogP contribution in [0.5, 0.6) is 0 Å². The Morgan fingerprint density at radius 2 is 1.89 bits per heavy atom. The first kappa shape index (κ1) is 14.9. The lowest BCUT2D eigenvalue weighted by atomic mass is 9.89. The van der Waals surface area contributed by atoms with Gasteiger partial charge in [-0.05, 0) is 31.0 Å². The highest BCUT2D eigenvalue weighted by Crippen LogP contribution is 2.33. The van der Waals surface area contributed by atoms with E-state index in [0.717, 1.165) is 6.07 Å². The van der Waals surface area contributed by atoms with Crippen LogP contribution in [0, 0.1) is 5.82 Å². The molecule has 1 aromatic carbocycles. The first-order valence-corrected chi connectivity index (χ1v) is 5.33. The first-order valence-electron chi connectivity index (χ1n) is 5.33. The zero-order valence-electron chi connectivity index (χ0n) is 10.1. The highest BCUT2D eigenvalue weighted by Gasteiger charge is 2.35. The number of methoxy groups -OCH3 is 1. The second kappa shape index (κ2) is 5.24. The number of hydrogen-bond donors (Lipinski definition) is 1. The molecule has 0 radical (unpaired) electrons. The summed E-state index contributed by atoms with van der Waals surface area (Å²) in [5.41, 5.74) is 4.02. The van der Waals surface area contributed by atoms with Crippen molar-refractivity contribution in [1.29, 1.82) is 0 Å². The van der Waals surface area contributed by atoms with E-state index in [1.165, 1.54) is 13.2 Å². The summed E-state index contributed by atoms with van der Waals surface area (Å²) in [4.78, 5) is 0. The lowest BCUT2D eigenvalue weighted by Crippen LogP contribution is -2.34. The van der Waals surface area contributed by atoms with Crippen molar-refractivity contribution in [3.05, 3.63) is 35.1 Å². The number of halogens is 4. The minimum Gasteiger partial charge on any atom is -0.385 e. The lowest BCUT2D eigenvalue weighted by molar-refractivity contribution is -0.140. The van der Waals surface area contributed by atoms with Crippen molar-refractivity contribution >= 4 is 0 Å². The molecule has 0 aliphatic carbocycles. The predicted molar refractivity (Wildman–Crippen MR) is 59.4 cm³/mol. The van der Waals surface area contributed by atoms with Crippen LogP contribution in [-0.4, -0.2) is 13.7 Å². The summed E-state index contributed by atoms with van der Waals surface area (Å²) in [5, 5.41) is 0. The molecular weight excluding hydrogens is 250 g/mol. The summed E-state index contributed by atoms with van der Waals surface area (Å²) < 4.78 is 55.4. The van der Waals surface area contributed by atoms with Crippen molar-refractivity contribution < 1.29 is 22.3 Å². The molecule has 1 aromatic rings. The van der Waals surface area contributed by atoms with Crippen molar-refractivity contribution in [2.75, 3.05) is 13.7 Å². The first-order chi connectivity index (χ1) is 8.18. The van der Waals surface area contributed by atoms with E-state index in [9.17, 15) is 17.6 Å². The van der Waals surface area contributed by atoms with Crippen LogP contribution in [0.3, 0.4) is 0 Å². The normalized spacial score (nSPS) is 15.5. The highest BCUT2D eigenvalue weighted by atomic mass is 19.4. The minimum absolute atomic E-state index is 0.310. The zero-order valence-corrected chi connectivity index (χ0v) is 10.1. The van der Waals surface area contributed by atoms with E-state index in [-0.39, 0.29) is 0 Å². The molecule has 0 fully saturated rings. The fraction of sp³-hybridized carbons (Fsp3) is 0.500. The molecule has 0 spiro atoms. The van der Waals surface area contributed by atoms with Gasteiger partial charge in [-0.1, -0.05) is 6.07 Å². The maximum Gasteiger partial charge on any atom is 0.419 e. The van der Waals surface area contributed by atoms with E-state index < -0.39 is 23.1 Å². The van der Waals surface area contributed by atoms with Gasteiger partial charge in [-0.3, -0.25) is 0 Å². The highest BCUT2D eigenvalue weighted by molar-refractivity contribution is 5.30. The molecule has 2 nitrogen and oxygen atoms in total. The van der Waals surface area contributed by atoms with Crippen LogP contribution in [0.4, 0.5) is 17.6 Å². The molecular formula is C12H15F4NO. The Morgan fingerprint density at radius 3 is 2.33 bits per heavy atom. The third kappa shape index (κ3) is 3.43. The average molecular weight is 265 g/mol. The van der Waals surface area contributed by atoms with E-state index in [2.05, 4.69) is 0 Å². The third-order valence-corrected chi connectivity index (χ3v) is 2.76. The summed E-state index contributed by atoms with van der Waals surface area (Å²) >= 11 is 0. The molecule has 0 aromatic heterocycles. The van der Waals surface area contributed by atoms with Gasteiger partial charge >= 0.3 is 6.18 Å². The molecule has 18 heavy (non-hydrogen) atoms. The van der Waals surface area contributed by atoms with Gasteiger partial charge in [0.1, 0.15) is 5.82 Å². The molecule has 6 heteroatoms. The van der Waals surface area contributed by atoms with Gasteiger partial charge in [0.2, 0.25) is 0 Å². The van der Waals surface area contributed by atoms with E-state index in [4.69, 9.17) is 10.5 Å². The van der Waals surface area contributed by atoms with Crippen LogP contribution in [0.25, 0.3) is 0 Å². The molecule has 1 atom stereocenters. The number of nitrogens with two attached hydrogens (primary N) is 1. The van der Waals surface area contributed by atoms with Crippen LogP contribution in [-0.2, 0) is 16.5 Å². The van der Waals surface area contributed by atoms with Crippen molar-refractivity contribution in [2.24, 2.45) is 5.73 Å². The maximum absolute atomic E-state index is 13.4. The standard InChI is InChI=1S/C12H15F4NO/c1-11(17,5-6-18-2)8-3-4-9(10(13)7-8)12(14,15)16/h3-4,7H,5-6,17H2,1-2H3. The molecule has 0 heterocycles. The van der Waals surface area contributed by atoms with Crippen molar-refractivity contribution in [1.82, 2.24) is 0 Å². The van der Waals surface area contributed by atoms with E-state index in [1.807, 2.05) is 0 Å². The largest absolute Gasteiger partial charge is 0.419 e. The van der Waals surface area contributed by atoms with Gasteiger partial charge in [-0.25, -0.2) is 4.39 Å². The Bertz CT molecular complexity index is 415. The quantitative estimate of drug-likeness (QED) is 0.849. The van der Waals surface area contributed by atoms with E-state index >= 15 is 0 Å². The second-order valence-corrected chi connectivity index (χ2v) is 4.35. The Morgan fingerprint density at radius 1 is 1.28 bits per heavy atom. The molecule has 0 aliphatic rings. The van der Waals surface area contributed by atoms with Crippen LogP contribution < -0.4 is 5.73 Å². The summed E-state index contributed by atoms with van der Waals surface area (Å²) in [6.07, 6.45) is -4.31. The minimum atomic E-state index is -4.69. The fourth-order valence-corrected chi connectivity index (χ4v) is 1.56. The van der Waals surface area contributed by atoms with Gasteiger partial charge in [0.25, 0.3) is 0 Å². The molecule has 0 aliphatic heterocycles. The van der Waals surface area contributed by atoms with Gasteiger partial charge in [0.05, 0.1) is 5.56 Å². The predicted octanol–water partition coefficient (Wildman–Crippen LogP) is 3.05. The Balaban J connectivity index is 3.04.